The van der Waals surface area contributed by atoms with Crippen LogP contribution in [0.25, 0.3) is 0 Å². The number of nitrogens with one attached hydrogen (secondary N) is 1. The van der Waals surface area contributed by atoms with E-state index in [4.69, 9.17) is 17.3 Å². The number of amides is 1. The molecule has 0 radical (unpaired) electrons. The average molecular weight is 299 g/mol. The van der Waals surface area contributed by atoms with Crippen molar-refractivity contribution in [1.29, 1.82) is 0 Å². The smallest absolute Gasteiger partial charge is 0.288 e. The molecule has 0 unspecified atom stereocenters. The fraction of sp³-hybridized carbons (Fsp3) is 0.500. The third-order valence-corrected chi connectivity index (χ3v) is 3.91. The highest BCUT2D eigenvalue weighted by Crippen LogP contribution is 2.29. The molecule has 0 saturated heterocycles. The molecule has 20 heavy (non-hydrogen) atoms. The van der Waals surface area contributed by atoms with Crippen molar-refractivity contribution in [3.8, 4) is 0 Å². The molecule has 3 N–H and O–H groups in total. The Balaban J connectivity index is 2.24. The molecule has 1 heterocycles. The summed E-state index contributed by atoms with van der Waals surface area (Å²) in [7, 11) is 0. The topological polar surface area (TPSA) is 111 Å². The van der Waals surface area contributed by atoms with Crippen LogP contribution in [0.3, 0.4) is 0 Å². The van der Waals surface area contributed by atoms with Gasteiger partial charge in [-0.2, -0.15) is 0 Å². The van der Waals surface area contributed by atoms with E-state index in [1.54, 1.807) is 0 Å². The number of nitrogens with zero attached hydrogens (tertiary/aromatic N) is 2. The lowest BCUT2D eigenvalue weighted by molar-refractivity contribution is -0.385. The normalized spacial score (nSPS) is 16.9. The molecule has 1 amide bonds. The molecule has 0 bridgehead atoms. The Hall–Kier alpha value is -1.73. The van der Waals surface area contributed by atoms with Gasteiger partial charge in [-0.3, -0.25) is 14.9 Å². The highest BCUT2D eigenvalue weighted by atomic mass is 35.5. The Morgan fingerprint density at radius 2 is 2.20 bits per heavy atom. The monoisotopic (exact) mass is 298 g/mol. The maximum absolute atomic E-state index is 12.2. The van der Waals surface area contributed by atoms with E-state index < -0.39 is 16.4 Å². The molecule has 0 aliphatic heterocycles. The number of halogens is 1. The summed E-state index contributed by atoms with van der Waals surface area (Å²) in [6, 6.07) is 1.13. The summed E-state index contributed by atoms with van der Waals surface area (Å²) in [5.41, 5.74) is 5.03. The van der Waals surface area contributed by atoms with Crippen LogP contribution >= 0.6 is 11.6 Å². The quantitative estimate of drug-likeness (QED) is 0.498. The Morgan fingerprint density at radius 3 is 2.75 bits per heavy atom. The van der Waals surface area contributed by atoms with E-state index in [1.807, 2.05) is 0 Å². The summed E-state index contributed by atoms with van der Waals surface area (Å²) >= 11 is 5.84. The minimum atomic E-state index is -0.617. The molecular formula is C12H15ClN4O3. The number of aromatic nitrogens is 1. The molecule has 1 aliphatic rings. The van der Waals surface area contributed by atoms with Crippen LogP contribution in [0.5, 0.6) is 0 Å². The zero-order valence-electron chi connectivity index (χ0n) is 10.8. The molecule has 1 aromatic rings. The van der Waals surface area contributed by atoms with Gasteiger partial charge in [0.2, 0.25) is 0 Å². The van der Waals surface area contributed by atoms with Crippen molar-refractivity contribution in [3.63, 3.8) is 0 Å². The maximum atomic E-state index is 12.2. The van der Waals surface area contributed by atoms with Gasteiger partial charge in [0.25, 0.3) is 11.6 Å². The minimum Gasteiger partial charge on any atom is -0.345 e. The van der Waals surface area contributed by atoms with E-state index in [-0.39, 0.29) is 16.4 Å². The largest absolute Gasteiger partial charge is 0.345 e. The number of rotatable bonds is 4. The third-order valence-electron chi connectivity index (χ3n) is 3.61. The van der Waals surface area contributed by atoms with Crippen LogP contribution in [0.15, 0.2) is 12.3 Å². The highest BCUT2D eigenvalue weighted by Gasteiger charge is 2.34. The molecule has 0 aromatic carbocycles. The fourth-order valence-electron chi connectivity index (χ4n) is 2.44. The first kappa shape index (κ1) is 14.7. The number of hydrogen-bond donors (Lipinski definition) is 2. The summed E-state index contributed by atoms with van der Waals surface area (Å²) in [4.78, 5) is 26.0. The summed E-state index contributed by atoms with van der Waals surface area (Å²) in [6.45, 7) is 0.332. The molecule has 2 rings (SSSR count). The van der Waals surface area contributed by atoms with Gasteiger partial charge in [-0.15, -0.1) is 0 Å². The summed E-state index contributed by atoms with van der Waals surface area (Å²) in [6.07, 6.45) is 4.62. The van der Waals surface area contributed by atoms with Crippen LogP contribution in [-0.2, 0) is 0 Å². The van der Waals surface area contributed by atoms with E-state index in [1.165, 1.54) is 0 Å². The van der Waals surface area contributed by atoms with E-state index in [0.29, 0.717) is 6.54 Å². The van der Waals surface area contributed by atoms with Gasteiger partial charge in [-0.1, -0.05) is 24.4 Å². The molecule has 7 nitrogen and oxygen atoms in total. The third kappa shape index (κ3) is 2.88. The Labute approximate surface area is 120 Å². The lowest BCUT2D eigenvalue weighted by Gasteiger charge is -2.28. The van der Waals surface area contributed by atoms with E-state index in [0.717, 1.165) is 37.9 Å². The van der Waals surface area contributed by atoms with Gasteiger partial charge in [0.1, 0.15) is 11.3 Å². The number of nitrogens with two attached hydrogens (primary N) is 1. The van der Waals surface area contributed by atoms with E-state index in [2.05, 4.69) is 10.3 Å². The maximum Gasteiger partial charge on any atom is 0.288 e. The number of carbonyl (C=O) groups is 1. The lowest BCUT2D eigenvalue weighted by atomic mass is 9.97. The Morgan fingerprint density at radius 1 is 1.55 bits per heavy atom. The van der Waals surface area contributed by atoms with Crippen molar-refractivity contribution < 1.29 is 9.72 Å². The predicted molar refractivity (Wildman–Crippen MR) is 73.6 cm³/mol. The number of hydrogen-bond acceptors (Lipinski definition) is 5. The number of carbonyl (C=O) groups excluding carboxylic acids is 1. The van der Waals surface area contributed by atoms with Crippen molar-refractivity contribution in [1.82, 2.24) is 10.3 Å². The van der Waals surface area contributed by atoms with Crippen LogP contribution in [0.1, 0.15) is 36.0 Å². The second-order valence-corrected chi connectivity index (χ2v) is 5.29. The number of nitro groups is 1. The van der Waals surface area contributed by atoms with Crippen molar-refractivity contribution >= 4 is 23.2 Å². The lowest BCUT2D eigenvalue weighted by Crippen LogP contribution is -2.51. The highest BCUT2D eigenvalue weighted by molar-refractivity contribution is 6.32. The van der Waals surface area contributed by atoms with Crippen molar-refractivity contribution in [2.45, 2.75) is 31.2 Å². The van der Waals surface area contributed by atoms with Gasteiger partial charge in [-0.05, 0) is 12.8 Å². The van der Waals surface area contributed by atoms with Crippen molar-refractivity contribution in [3.05, 3.63) is 33.1 Å². The molecule has 8 heteroatoms. The average Bonchev–Trinajstić information content (AvgIpc) is 2.88. The molecule has 0 spiro atoms. The summed E-state index contributed by atoms with van der Waals surface area (Å²) in [5, 5.41) is 13.5. The van der Waals surface area contributed by atoms with Gasteiger partial charge < -0.3 is 11.1 Å². The Kier molecular flexibility index (Phi) is 4.20. The molecule has 1 aromatic heterocycles. The fourth-order valence-corrected chi connectivity index (χ4v) is 2.63. The van der Waals surface area contributed by atoms with E-state index >= 15 is 0 Å². The van der Waals surface area contributed by atoms with Gasteiger partial charge in [-0.25, -0.2) is 4.98 Å². The van der Waals surface area contributed by atoms with E-state index in [9.17, 15) is 14.9 Å². The molecule has 1 saturated carbocycles. The Bertz CT molecular complexity index is 544. The molecule has 0 atom stereocenters. The first-order valence-electron chi connectivity index (χ1n) is 6.30. The van der Waals surface area contributed by atoms with Crippen molar-refractivity contribution in [2.75, 3.05) is 6.54 Å². The standard InChI is InChI=1S/C12H15ClN4O3/c13-10-9(5-8(6-15-10)17(19)20)11(18)16-12(7-14)3-1-2-4-12/h5-6H,1-4,7,14H2,(H,16,18). The molecule has 1 aliphatic carbocycles. The number of pyridine rings is 1. The van der Waals surface area contributed by atoms with Gasteiger partial charge in [0.15, 0.2) is 0 Å². The van der Waals surface area contributed by atoms with Crippen LogP contribution in [0.2, 0.25) is 5.15 Å². The van der Waals surface area contributed by atoms with Crippen LogP contribution in [-0.4, -0.2) is 27.9 Å². The zero-order valence-corrected chi connectivity index (χ0v) is 11.5. The SMILES string of the molecule is NCC1(NC(=O)c2cc([N+](=O)[O-])cnc2Cl)CCCC1. The molecular weight excluding hydrogens is 284 g/mol. The second-order valence-electron chi connectivity index (χ2n) is 4.93. The van der Waals surface area contributed by atoms with Gasteiger partial charge in [0.05, 0.1) is 16.0 Å². The predicted octanol–water partition coefficient (Wildman–Crippen LogP) is 1.64. The minimum absolute atomic E-state index is 0.000548. The second kappa shape index (κ2) is 5.72. The van der Waals surface area contributed by atoms with Crippen LogP contribution in [0.4, 0.5) is 5.69 Å². The van der Waals surface area contributed by atoms with Crippen LogP contribution in [0, 0.1) is 10.1 Å². The van der Waals surface area contributed by atoms with Crippen molar-refractivity contribution in [2.24, 2.45) is 5.73 Å². The van der Waals surface area contributed by atoms with Gasteiger partial charge in [0, 0.05) is 12.6 Å². The molecule has 1 fully saturated rings. The van der Waals surface area contributed by atoms with Gasteiger partial charge >= 0.3 is 0 Å². The van der Waals surface area contributed by atoms with Crippen LogP contribution < -0.4 is 11.1 Å². The first-order valence-corrected chi connectivity index (χ1v) is 6.68. The first-order chi connectivity index (χ1) is 9.47. The molecule has 108 valence electrons. The summed E-state index contributed by atoms with van der Waals surface area (Å²) in [5.74, 6) is -0.474. The summed E-state index contributed by atoms with van der Waals surface area (Å²) < 4.78 is 0. The zero-order chi connectivity index (χ0) is 14.8.